The number of halogens is 2. The summed E-state index contributed by atoms with van der Waals surface area (Å²) in [5, 5.41) is 31.8. The van der Waals surface area contributed by atoms with E-state index in [1.54, 1.807) is 0 Å². The van der Waals surface area contributed by atoms with Gasteiger partial charge in [0.2, 0.25) is 0 Å². The topological polar surface area (TPSA) is 116 Å². The smallest absolute Gasteiger partial charge is 0.407 e. The third kappa shape index (κ3) is 4.87. The Bertz CT molecular complexity index is 1220. The number of hydrogen-bond acceptors (Lipinski definition) is 5. The van der Waals surface area contributed by atoms with Crippen molar-refractivity contribution >= 4 is 12.1 Å². The summed E-state index contributed by atoms with van der Waals surface area (Å²) in [6.07, 6.45) is -4.29. The molecule has 0 spiro atoms. The molecule has 0 aromatic heterocycles. The maximum atomic E-state index is 14.3. The molecule has 1 amide bonds. The summed E-state index contributed by atoms with van der Waals surface area (Å²) in [6, 6.07) is 17.3. The SMILES string of the molecule is O=C(NCCC(O)C(O)c1ccc(F)c(C(=O)O)c1F)OCC1c2ccccc2-c2ccccc21. The lowest BCUT2D eigenvalue weighted by Crippen LogP contribution is -2.31. The summed E-state index contributed by atoms with van der Waals surface area (Å²) >= 11 is 0. The number of fused-ring (bicyclic) bond motifs is 3. The van der Waals surface area contributed by atoms with Gasteiger partial charge in [0, 0.05) is 18.0 Å². The minimum Gasteiger partial charge on any atom is -0.477 e. The number of benzene rings is 3. The average molecular weight is 483 g/mol. The highest BCUT2D eigenvalue weighted by Crippen LogP contribution is 2.44. The van der Waals surface area contributed by atoms with Crippen LogP contribution in [0.25, 0.3) is 11.1 Å². The van der Waals surface area contributed by atoms with E-state index < -0.39 is 47.0 Å². The first-order valence-corrected chi connectivity index (χ1v) is 11.0. The van der Waals surface area contributed by atoms with E-state index in [1.807, 2.05) is 48.5 Å². The fraction of sp³-hybridized carbons (Fsp3) is 0.231. The standard InChI is InChI=1S/C26H23F2NO6/c27-20-10-9-18(23(28)22(20)25(32)33)24(31)21(30)11-12-29-26(34)35-13-19-16-7-3-1-5-14(16)15-6-2-4-8-17(15)19/h1-10,19,21,24,30-31H,11-13H2,(H,29,34)(H,32,33). The van der Waals surface area contributed by atoms with Gasteiger partial charge in [-0.1, -0.05) is 54.6 Å². The number of rotatable bonds is 8. The zero-order valence-corrected chi connectivity index (χ0v) is 18.4. The van der Waals surface area contributed by atoms with Gasteiger partial charge in [0.25, 0.3) is 0 Å². The molecule has 0 bridgehead atoms. The van der Waals surface area contributed by atoms with Crippen LogP contribution in [0.4, 0.5) is 13.6 Å². The van der Waals surface area contributed by atoms with Gasteiger partial charge in [-0.25, -0.2) is 18.4 Å². The predicted octanol–water partition coefficient (Wildman–Crippen LogP) is 3.99. The quantitative estimate of drug-likeness (QED) is 0.385. The first-order chi connectivity index (χ1) is 16.8. The number of carboxylic acid groups (broad SMARTS) is 1. The van der Waals surface area contributed by atoms with Gasteiger partial charge in [0.15, 0.2) is 0 Å². The second-order valence-corrected chi connectivity index (χ2v) is 8.18. The molecule has 2 atom stereocenters. The van der Waals surface area contributed by atoms with Gasteiger partial charge in [-0.3, -0.25) is 0 Å². The molecule has 0 radical (unpaired) electrons. The molecule has 182 valence electrons. The Kier molecular flexibility index (Phi) is 7.09. The first-order valence-electron chi connectivity index (χ1n) is 11.0. The molecule has 0 saturated heterocycles. The van der Waals surface area contributed by atoms with Gasteiger partial charge < -0.3 is 25.4 Å². The van der Waals surface area contributed by atoms with Crippen molar-refractivity contribution in [2.45, 2.75) is 24.5 Å². The van der Waals surface area contributed by atoms with Crippen molar-refractivity contribution in [1.29, 1.82) is 0 Å². The van der Waals surface area contributed by atoms with E-state index in [0.717, 1.165) is 28.3 Å². The lowest BCUT2D eigenvalue weighted by Gasteiger charge is -2.20. The highest BCUT2D eigenvalue weighted by atomic mass is 19.1. The van der Waals surface area contributed by atoms with E-state index in [0.29, 0.717) is 6.07 Å². The molecule has 1 aliphatic rings. The Balaban J connectivity index is 1.31. The third-order valence-corrected chi connectivity index (χ3v) is 6.07. The van der Waals surface area contributed by atoms with Crippen molar-refractivity contribution in [2.75, 3.05) is 13.2 Å². The second kappa shape index (κ2) is 10.2. The van der Waals surface area contributed by atoms with Crippen molar-refractivity contribution in [3.05, 3.63) is 94.6 Å². The van der Waals surface area contributed by atoms with Gasteiger partial charge in [0.05, 0.1) is 6.10 Å². The number of aliphatic hydroxyl groups excluding tert-OH is 2. The number of hydrogen-bond donors (Lipinski definition) is 4. The molecule has 0 saturated carbocycles. The molecule has 4 rings (SSSR count). The van der Waals surface area contributed by atoms with Crippen LogP contribution in [-0.2, 0) is 4.74 Å². The Morgan fingerprint density at radius 1 is 0.943 bits per heavy atom. The van der Waals surface area contributed by atoms with Crippen LogP contribution < -0.4 is 5.32 Å². The van der Waals surface area contributed by atoms with E-state index in [1.165, 1.54) is 0 Å². The zero-order valence-electron chi connectivity index (χ0n) is 18.4. The number of aliphatic hydroxyl groups is 2. The number of aromatic carboxylic acids is 1. The minimum absolute atomic E-state index is 0.101. The Morgan fingerprint density at radius 2 is 1.54 bits per heavy atom. The molecular weight excluding hydrogens is 460 g/mol. The van der Waals surface area contributed by atoms with Gasteiger partial charge in [-0.15, -0.1) is 0 Å². The van der Waals surface area contributed by atoms with E-state index >= 15 is 0 Å². The Morgan fingerprint density at radius 3 is 2.14 bits per heavy atom. The lowest BCUT2D eigenvalue weighted by molar-refractivity contribution is 0.0114. The van der Waals surface area contributed by atoms with Gasteiger partial charge in [-0.2, -0.15) is 0 Å². The van der Waals surface area contributed by atoms with E-state index in [4.69, 9.17) is 9.84 Å². The normalized spacial score (nSPS) is 14.1. The van der Waals surface area contributed by atoms with Crippen molar-refractivity contribution < 1.29 is 38.4 Å². The van der Waals surface area contributed by atoms with Crippen LogP contribution in [0.3, 0.4) is 0 Å². The maximum absolute atomic E-state index is 14.3. The number of ether oxygens (including phenoxy) is 1. The van der Waals surface area contributed by atoms with Gasteiger partial charge >= 0.3 is 12.1 Å². The molecule has 4 N–H and O–H groups in total. The first kappa shape index (κ1) is 24.3. The number of carboxylic acids is 1. The molecule has 0 heterocycles. The Labute approximate surface area is 199 Å². The molecule has 7 nitrogen and oxygen atoms in total. The largest absolute Gasteiger partial charge is 0.477 e. The monoisotopic (exact) mass is 483 g/mol. The van der Waals surface area contributed by atoms with Crippen LogP contribution in [0, 0.1) is 11.6 Å². The van der Waals surface area contributed by atoms with Crippen LogP contribution in [0.2, 0.25) is 0 Å². The fourth-order valence-electron chi connectivity index (χ4n) is 4.33. The number of carbonyl (C=O) groups excluding carboxylic acids is 1. The highest BCUT2D eigenvalue weighted by Gasteiger charge is 2.30. The molecule has 9 heteroatoms. The van der Waals surface area contributed by atoms with Crippen molar-refractivity contribution in [3.63, 3.8) is 0 Å². The minimum atomic E-state index is -1.83. The molecule has 1 aliphatic carbocycles. The highest BCUT2D eigenvalue weighted by molar-refractivity contribution is 5.88. The summed E-state index contributed by atoms with van der Waals surface area (Å²) in [5.74, 6) is -4.71. The number of carbonyl (C=O) groups is 2. The van der Waals surface area contributed by atoms with Gasteiger partial charge in [-0.05, 0) is 34.7 Å². The lowest BCUT2D eigenvalue weighted by atomic mass is 9.98. The molecule has 3 aromatic carbocycles. The van der Waals surface area contributed by atoms with Crippen LogP contribution in [0.5, 0.6) is 0 Å². The van der Waals surface area contributed by atoms with Crippen LogP contribution in [0.15, 0.2) is 60.7 Å². The van der Waals surface area contributed by atoms with Crippen molar-refractivity contribution in [3.8, 4) is 11.1 Å². The van der Waals surface area contributed by atoms with E-state index in [9.17, 15) is 28.6 Å². The predicted molar refractivity (Wildman–Crippen MR) is 122 cm³/mol. The molecule has 35 heavy (non-hydrogen) atoms. The summed E-state index contributed by atoms with van der Waals surface area (Å²) in [6.45, 7) is -0.00665. The van der Waals surface area contributed by atoms with E-state index in [-0.39, 0.29) is 25.5 Å². The molecule has 0 fully saturated rings. The molecule has 2 unspecified atom stereocenters. The summed E-state index contributed by atoms with van der Waals surface area (Å²) < 4.78 is 33.3. The number of alkyl carbamates (subject to hydrolysis) is 1. The Hall–Kier alpha value is -3.82. The van der Waals surface area contributed by atoms with Crippen molar-refractivity contribution in [1.82, 2.24) is 5.32 Å². The summed E-state index contributed by atoms with van der Waals surface area (Å²) in [7, 11) is 0. The average Bonchev–Trinajstić information content (AvgIpc) is 3.16. The van der Waals surface area contributed by atoms with Crippen molar-refractivity contribution in [2.24, 2.45) is 0 Å². The van der Waals surface area contributed by atoms with Crippen LogP contribution >= 0.6 is 0 Å². The molecular formula is C26H23F2NO6. The molecule has 3 aromatic rings. The number of amides is 1. The summed E-state index contributed by atoms with van der Waals surface area (Å²) in [5.41, 5.74) is 2.52. The van der Waals surface area contributed by atoms with Crippen LogP contribution in [0.1, 0.15) is 45.5 Å². The maximum Gasteiger partial charge on any atom is 0.407 e. The zero-order chi connectivity index (χ0) is 25.1. The third-order valence-electron chi connectivity index (χ3n) is 6.07. The van der Waals surface area contributed by atoms with Gasteiger partial charge in [0.1, 0.15) is 29.9 Å². The number of nitrogens with one attached hydrogen (secondary N) is 1. The second-order valence-electron chi connectivity index (χ2n) is 8.18. The van der Waals surface area contributed by atoms with Crippen LogP contribution in [-0.4, -0.2) is 46.6 Å². The molecule has 0 aliphatic heterocycles. The fourth-order valence-corrected chi connectivity index (χ4v) is 4.33. The van der Waals surface area contributed by atoms with E-state index in [2.05, 4.69) is 5.32 Å². The summed E-state index contributed by atoms with van der Waals surface area (Å²) in [4.78, 5) is 23.3.